The Labute approximate surface area is 85.7 Å². The first kappa shape index (κ1) is 11.6. The molecule has 0 aliphatic heterocycles. The first-order valence-corrected chi connectivity index (χ1v) is 4.41. The zero-order chi connectivity index (χ0) is 11.4. The second kappa shape index (κ2) is 4.84. The third-order valence-electron chi connectivity index (χ3n) is 1.98. The van der Waals surface area contributed by atoms with Gasteiger partial charge in [0.15, 0.2) is 0 Å². The molecule has 1 unspecified atom stereocenters. The Morgan fingerprint density at radius 3 is 2.80 bits per heavy atom. The molecule has 2 N–H and O–H groups in total. The normalized spacial score (nSPS) is 12.5. The van der Waals surface area contributed by atoms with E-state index < -0.39 is 23.6 Å². The van der Waals surface area contributed by atoms with E-state index in [9.17, 15) is 13.6 Å². The summed E-state index contributed by atoms with van der Waals surface area (Å²) in [6.45, 7) is 1.41. The van der Waals surface area contributed by atoms with E-state index in [0.717, 1.165) is 18.2 Å². The highest BCUT2D eigenvalue weighted by molar-refractivity contribution is 5.72. The van der Waals surface area contributed by atoms with Crippen LogP contribution in [0.4, 0.5) is 8.78 Å². The van der Waals surface area contributed by atoms with Gasteiger partial charge in [-0.2, -0.15) is 0 Å². The molecule has 0 aliphatic carbocycles. The number of hydrogen-bond donors (Lipinski definition) is 2. The Morgan fingerprint density at radius 2 is 2.20 bits per heavy atom. The average molecular weight is 215 g/mol. The number of carboxylic acid groups (broad SMARTS) is 1. The molecule has 0 radical (unpaired) electrons. The summed E-state index contributed by atoms with van der Waals surface area (Å²) in [7, 11) is 0. The van der Waals surface area contributed by atoms with E-state index in [1.165, 1.54) is 6.92 Å². The molecule has 3 nitrogen and oxygen atoms in total. The molecule has 0 spiro atoms. The van der Waals surface area contributed by atoms with Gasteiger partial charge in [0.25, 0.3) is 0 Å². The van der Waals surface area contributed by atoms with Gasteiger partial charge in [-0.1, -0.05) is 0 Å². The van der Waals surface area contributed by atoms with Crippen molar-refractivity contribution in [1.82, 2.24) is 5.32 Å². The SMILES string of the molecule is CC(NCc1cc(F)ccc1F)C(=O)O. The van der Waals surface area contributed by atoms with Crippen LogP contribution in [-0.4, -0.2) is 17.1 Å². The lowest BCUT2D eigenvalue weighted by Gasteiger charge is -2.09. The number of nitrogens with one attached hydrogen (secondary N) is 1. The minimum atomic E-state index is -1.04. The topological polar surface area (TPSA) is 49.3 Å². The molecule has 0 amide bonds. The van der Waals surface area contributed by atoms with Crippen LogP contribution in [0.2, 0.25) is 0 Å². The van der Waals surface area contributed by atoms with Gasteiger partial charge in [0.2, 0.25) is 0 Å². The maximum Gasteiger partial charge on any atom is 0.320 e. The van der Waals surface area contributed by atoms with Crippen LogP contribution in [0.5, 0.6) is 0 Å². The molecule has 82 valence electrons. The lowest BCUT2D eigenvalue weighted by atomic mass is 10.2. The minimum absolute atomic E-state index is 0.0168. The van der Waals surface area contributed by atoms with E-state index in [4.69, 9.17) is 5.11 Å². The van der Waals surface area contributed by atoms with E-state index in [1.807, 2.05) is 0 Å². The summed E-state index contributed by atoms with van der Waals surface area (Å²) in [6.07, 6.45) is 0. The van der Waals surface area contributed by atoms with Crippen molar-refractivity contribution in [1.29, 1.82) is 0 Å². The number of halogens is 2. The van der Waals surface area contributed by atoms with E-state index in [-0.39, 0.29) is 12.1 Å². The number of rotatable bonds is 4. The predicted molar refractivity (Wildman–Crippen MR) is 50.3 cm³/mol. The van der Waals surface area contributed by atoms with Crippen molar-refractivity contribution < 1.29 is 18.7 Å². The fraction of sp³-hybridized carbons (Fsp3) is 0.300. The van der Waals surface area contributed by atoms with Gasteiger partial charge < -0.3 is 10.4 Å². The van der Waals surface area contributed by atoms with Gasteiger partial charge in [0.05, 0.1) is 0 Å². The molecule has 0 saturated heterocycles. The summed E-state index contributed by atoms with van der Waals surface area (Å²) in [4.78, 5) is 10.4. The lowest BCUT2D eigenvalue weighted by molar-refractivity contribution is -0.139. The highest BCUT2D eigenvalue weighted by Gasteiger charge is 2.11. The summed E-state index contributed by atoms with van der Waals surface area (Å²) >= 11 is 0. The quantitative estimate of drug-likeness (QED) is 0.800. The fourth-order valence-corrected chi connectivity index (χ4v) is 1.03. The maximum absolute atomic E-state index is 13.1. The highest BCUT2D eigenvalue weighted by Crippen LogP contribution is 2.09. The molecular weight excluding hydrogens is 204 g/mol. The van der Waals surface area contributed by atoms with Gasteiger partial charge in [0, 0.05) is 12.1 Å². The van der Waals surface area contributed by atoms with Gasteiger partial charge in [-0.3, -0.25) is 4.79 Å². The first-order chi connectivity index (χ1) is 7.00. The fourth-order valence-electron chi connectivity index (χ4n) is 1.03. The zero-order valence-corrected chi connectivity index (χ0v) is 8.13. The maximum atomic E-state index is 13.1. The van der Waals surface area contributed by atoms with E-state index >= 15 is 0 Å². The number of carboxylic acids is 1. The summed E-state index contributed by atoms with van der Waals surface area (Å²) in [5.74, 6) is -2.13. The Kier molecular flexibility index (Phi) is 3.74. The minimum Gasteiger partial charge on any atom is -0.480 e. The van der Waals surface area contributed by atoms with Crippen LogP contribution in [0.15, 0.2) is 18.2 Å². The largest absolute Gasteiger partial charge is 0.480 e. The molecule has 5 heteroatoms. The molecule has 1 aromatic rings. The summed E-state index contributed by atoms with van der Waals surface area (Å²) in [5.41, 5.74) is 0.114. The Bertz CT molecular complexity index is 368. The van der Waals surface area contributed by atoms with Crippen molar-refractivity contribution in [2.24, 2.45) is 0 Å². The number of hydrogen-bond acceptors (Lipinski definition) is 2. The van der Waals surface area contributed by atoms with E-state index in [2.05, 4.69) is 5.32 Å². The Balaban J connectivity index is 2.65. The van der Waals surface area contributed by atoms with Gasteiger partial charge >= 0.3 is 5.97 Å². The molecule has 1 atom stereocenters. The van der Waals surface area contributed by atoms with Crippen molar-refractivity contribution in [3.63, 3.8) is 0 Å². The second-order valence-corrected chi connectivity index (χ2v) is 3.18. The number of benzene rings is 1. The molecule has 0 saturated carbocycles. The van der Waals surface area contributed by atoms with E-state index in [0.29, 0.717) is 0 Å². The third-order valence-corrected chi connectivity index (χ3v) is 1.98. The van der Waals surface area contributed by atoms with Gasteiger partial charge in [-0.05, 0) is 25.1 Å². The molecule has 0 fully saturated rings. The molecule has 1 rings (SSSR count). The summed E-state index contributed by atoms with van der Waals surface area (Å²) in [6, 6.07) is 2.27. The molecular formula is C10H11F2NO2. The number of aliphatic carboxylic acids is 1. The van der Waals surface area contributed by atoms with Crippen LogP contribution >= 0.6 is 0 Å². The van der Waals surface area contributed by atoms with Crippen LogP contribution in [0.3, 0.4) is 0 Å². The zero-order valence-electron chi connectivity index (χ0n) is 8.13. The predicted octanol–water partition coefficient (Wildman–Crippen LogP) is 1.53. The van der Waals surface area contributed by atoms with Gasteiger partial charge in [0.1, 0.15) is 17.7 Å². The van der Waals surface area contributed by atoms with Crippen molar-refractivity contribution in [2.75, 3.05) is 0 Å². The van der Waals surface area contributed by atoms with Crippen molar-refractivity contribution in [2.45, 2.75) is 19.5 Å². The molecule has 0 aliphatic rings. The molecule has 15 heavy (non-hydrogen) atoms. The molecule has 0 heterocycles. The molecule has 0 bridgehead atoms. The van der Waals surface area contributed by atoms with Crippen molar-refractivity contribution in [3.05, 3.63) is 35.4 Å². The van der Waals surface area contributed by atoms with Gasteiger partial charge in [-0.25, -0.2) is 8.78 Å². The van der Waals surface area contributed by atoms with Crippen molar-refractivity contribution in [3.8, 4) is 0 Å². The van der Waals surface area contributed by atoms with Crippen LogP contribution in [0, 0.1) is 11.6 Å². The molecule has 0 aromatic heterocycles. The first-order valence-electron chi connectivity index (χ1n) is 4.41. The van der Waals surface area contributed by atoms with Crippen molar-refractivity contribution >= 4 is 5.97 Å². The van der Waals surface area contributed by atoms with Crippen LogP contribution in [0.1, 0.15) is 12.5 Å². The van der Waals surface area contributed by atoms with E-state index in [1.54, 1.807) is 0 Å². The average Bonchev–Trinajstić information content (AvgIpc) is 2.18. The van der Waals surface area contributed by atoms with Crippen LogP contribution in [0.25, 0.3) is 0 Å². The standard InChI is InChI=1S/C10H11F2NO2/c1-6(10(14)15)13-5-7-4-8(11)2-3-9(7)12/h2-4,6,13H,5H2,1H3,(H,14,15). The summed E-state index contributed by atoms with van der Waals surface area (Å²) < 4.78 is 25.8. The van der Waals surface area contributed by atoms with Crippen LogP contribution in [-0.2, 0) is 11.3 Å². The Hall–Kier alpha value is -1.49. The second-order valence-electron chi connectivity index (χ2n) is 3.18. The highest BCUT2D eigenvalue weighted by atomic mass is 19.1. The summed E-state index contributed by atoms with van der Waals surface area (Å²) in [5, 5.41) is 11.1. The number of carbonyl (C=O) groups is 1. The lowest BCUT2D eigenvalue weighted by Crippen LogP contribution is -2.33. The monoisotopic (exact) mass is 215 g/mol. The smallest absolute Gasteiger partial charge is 0.320 e. The van der Waals surface area contributed by atoms with Gasteiger partial charge in [-0.15, -0.1) is 0 Å². The third kappa shape index (κ3) is 3.28. The molecule has 1 aromatic carbocycles. The van der Waals surface area contributed by atoms with Crippen LogP contribution < -0.4 is 5.32 Å². The Morgan fingerprint density at radius 1 is 1.53 bits per heavy atom.